The Labute approximate surface area is 178 Å². The van der Waals surface area contributed by atoms with Crippen LogP contribution in [0.15, 0.2) is 88.5 Å². The van der Waals surface area contributed by atoms with Gasteiger partial charge in [-0.3, -0.25) is 4.79 Å². The molecule has 6 nitrogen and oxygen atoms in total. The van der Waals surface area contributed by atoms with Crippen LogP contribution in [0.2, 0.25) is 5.02 Å². The summed E-state index contributed by atoms with van der Waals surface area (Å²) >= 11 is 5.90. The second-order valence-corrected chi connectivity index (χ2v) is 7.13. The molecule has 0 aliphatic rings. The maximum absolute atomic E-state index is 12.4. The van der Waals surface area contributed by atoms with Crippen molar-refractivity contribution in [2.24, 2.45) is 4.99 Å². The Morgan fingerprint density at radius 3 is 2.57 bits per heavy atom. The number of rotatable bonds is 6. The van der Waals surface area contributed by atoms with Gasteiger partial charge in [-0.15, -0.1) is 0 Å². The van der Waals surface area contributed by atoms with Crippen LogP contribution in [-0.4, -0.2) is 20.6 Å². The van der Waals surface area contributed by atoms with Crippen LogP contribution in [0.5, 0.6) is 0 Å². The molecular formula is C23H19ClN4O2. The van der Waals surface area contributed by atoms with Crippen molar-refractivity contribution in [1.82, 2.24) is 14.7 Å². The first-order valence-corrected chi connectivity index (χ1v) is 9.91. The second kappa shape index (κ2) is 9.33. The number of carbonyl (C=O) groups excluding carboxylic acids is 1. The van der Waals surface area contributed by atoms with E-state index in [1.165, 1.54) is 0 Å². The van der Waals surface area contributed by atoms with Crippen LogP contribution in [0.25, 0.3) is 11.4 Å². The van der Waals surface area contributed by atoms with Crippen LogP contribution < -0.4 is 5.49 Å². The molecule has 7 heteroatoms. The lowest BCUT2D eigenvalue weighted by Gasteiger charge is -2.07. The zero-order chi connectivity index (χ0) is 20.8. The summed E-state index contributed by atoms with van der Waals surface area (Å²) in [6, 6.07) is 22.8. The predicted octanol–water partition coefficient (Wildman–Crippen LogP) is 4.30. The fourth-order valence-corrected chi connectivity index (χ4v) is 3.08. The molecule has 0 saturated heterocycles. The van der Waals surface area contributed by atoms with Crippen molar-refractivity contribution < 1.29 is 9.32 Å². The Morgan fingerprint density at radius 2 is 1.77 bits per heavy atom. The molecule has 0 aliphatic heterocycles. The summed E-state index contributed by atoms with van der Waals surface area (Å²) in [4.78, 5) is 21.0. The topological polar surface area (TPSA) is 73.3 Å². The first kappa shape index (κ1) is 19.8. The van der Waals surface area contributed by atoms with E-state index < -0.39 is 0 Å². The van der Waals surface area contributed by atoms with Crippen LogP contribution in [0.4, 0.5) is 0 Å². The monoisotopic (exact) mass is 418 g/mol. The van der Waals surface area contributed by atoms with Crippen molar-refractivity contribution in [1.29, 1.82) is 0 Å². The van der Waals surface area contributed by atoms with Gasteiger partial charge in [0.05, 0.1) is 0 Å². The summed E-state index contributed by atoms with van der Waals surface area (Å²) < 4.78 is 7.20. The van der Waals surface area contributed by atoms with Crippen LogP contribution >= 0.6 is 11.6 Å². The summed E-state index contributed by atoms with van der Waals surface area (Å²) in [5.41, 5.74) is 2.55. The highest BCUT2D eigenvalue weighted by molar-refractivity contribution is 6.30. The van der Waals surface area contributed by atoms with E-state index in [1.54, 1.807) is 12.1 Å². The number of nitrogens with zero attached hydrogens (tertiary/aromatic N) is 4. The normalized spacial score (nSPS) is 11.6. The largest absolute Gasteiger partial charge is 0.339 e. The number of halogens is 1. The fraction of sp³-hybridized carbons (Fsp3) is 0.130. The first-order chi connectivity index (χ1) is 14.7. The zero-order valence-corrected chi connectivity index (χ0v) is 16.9. The highest BCUT2D eigenvalue weighted by Gasteiger charge is 2.10. The van der Waals surface area contributed by atoms with E-state index in [-0.39, 0.29) is 12.3 Å². The van der Waals surface area contributed by atoms with Crippen LogP contribution in [0.3, 0.4) is 0 Å². The molecule has 0 N–H and O–H groups in total. The highest BCUT2D eigenvalue weighted by atomic mass is 35.5. The zero-order valence-electron chi connectivity index (χ0n) is 16.1. The van der Waals surface area contributed by atoms with Crippen molar-refractivity contribution in [3.8, 4) is 11.4 Å². The third-order valence-electron chi connectivity index (χ3n) is 4.47. The van der Waals surface area contributed by atoms with Crippen molar-refractivity contribution in [2.75, 3.05) is 0 Å². The van der Waals surface area contributed by atoms with Gasteiger partial charge < -0.3 is 9.09 Å². The van der Waals surface area contributed by atoms with Gasteiger partial charge in [-0.25, -0.2) is 0 Å². The number of aromatic nitrogens is 3. The van der Waals surface area contributed by atoms with Gasteiger partial charge >= 0.3 is 0 Å². The van der Waals surface area contributed by atoms with Crippen molar-refractivity contribution in [3.63, 3.8) is 0 Å². The summed E-state index contributed by atoms with van der Waals surface area (Å²) in [7, 11) is 0. The Morgan fingerprint density at radius 1 is 1.00 bits per heavy atom. The minimum atomic E-state index is -0.241. The van der Waals surface area contributed by atoms with Gasteiger partial charge in [-0.2, -0.15) is 9.98 Å². The Hall–Kier alpha value is -3.51. The summed E-state index contributed by atoms with van der Waals surface area (Å²) in [5.74, 6) is 0.623. The number of aryl methyl sites for hydroxylation is 1. The van der Waals surface area contributed by atoms with E-state index in [0.717, 1.165) is 11.1 Å². The SMILES string of the molecule is O=C(CCc1nc(-c2ccc(Cl)cc2)no1)N=c1ccccn1Cc1ccccc1. The van der Waals surface area contributed by atoms with Gasteiger partial charge in [0.15, 0.2) is 0 Å². The first-order valence-electron chi connectivity index (χ1n) is 9.53. The van der Waals surface area contributed by atoms with Crippen LogP contribution in [0.1, 0.15) is 17.9 Å². The maximum Gasteiger partial charge on any atom is 0.248 e. The molecule has 0 aliphatic carbocycles. The molecule has 0 spiro atoms. The summed E-state index contributed by atoms with van der Waals surface area (Å²) in [6.07, 6.45) is 2.42. The van der Waals surface area contributed by atoms with Gasteiger partial charge in [-0.1, -0.05) is 53.2 Å². The number of hydrogen-bond donors (Lipinski definition) is 0. The summed E-state index contributed by atoms with van der Waals surface area (Å²) in [6.45, 7) is 0.641. The Kier molecular flexibility index (Phi) is 6.15. The fourth-order valence-electron chi connectivity index (χ4n) is 2.95. The number of amides is 1. The van der Waals surface area contributed by atoms with Gasteiger partial charge in [0.25, 0.3) is 0 Å². The molecule has 0 fully saturated rings. The second-order valence-electron chi connectivity index (χ2n) is 6.70. The van der Waals surface area contributed by atoms with E-state index in [9.17, 15) is 4.79 Å². The maximum atomic E-state index is 12.4. The minimum absolute atomic E-state index is 0.183. The molecule has 0 saturated carbocycles. The number of benzene rings is 2. The molecule has 4 rings (SSSR count). The van der Waals surface area contributed by atoms with Gasteiger partial charge in [0.1, 0.15) is 5.49 Å². The lowest BCUT2D eigenvalue weighted by atomic mass is 10.2. The van der Waals surface area contributed by atoms with E-state index in [1.807, 2.05) is 71.4 Å². The number of carbonyl (C=O) groups is 1. The Bertz CT molecular complexity index is 1200. The van der Waals surface area contributed by atoms with E-state index >= 15 is 0 Å². The number of hydrogen-bond acceptors (Lipinski definition) is 4. The Balaban J connectivity index is 1.43. The molecule has 2 heterocycles. The quantitative estimate of drug-likeness (QED) is 0.468. The third kappa shape index (κ3) is 5.10. The molecule has 2 aromatic carbocycles. The average molecular weight is 419 g/mol. The molecule has 0 unspecified atom stereocenters. The lowest BCUT2D eigenvalue weighted by Crippen LogP contribution is -2.22. The molecule has 0 atom stereocenters. The van der Waals surface area contributed by atoms with Crippen molar-refractivity contribution >= 4 is 17.5 Å². The molecule has 2 aromatic heterocycles. The highest BCUT2D eigenvalue weighted by Crippen LogP contribution is 2.19. The van der Waals surface area contributed by atoms with Crippen molar-refractivity contribution in [2.45, 2.75) is 19.4 Å². The standard InChI is InChI=1S/C23H19ClN4O2/c24-19-11-9-18(10-12-19)23-26-22(30-27-23)14-13-21(29)25-20-8-4-5-15-28(20)16-17-6-2-1-3-7-17/h1-12,15H,13-14,16H2. The lowest BCUT2D eigenvalue weighted by molar-refractivity contribution is -0.118. The molecule has 0 bridgehead atoms. The molecule has 30 heavy (non-hydrogen) atoms. The number of pyridine rings is 1. The molecule has 0 radical (unpaired) electrons. The molecular weight excluding hydrogens is 400 g/mol. The molecule has 150 valence electrons. The van der Waals surface area contributed by atoms with Crippen molar-refractivity contribution in [3.05, 3.63) is 101 Å². The molecule has 1 amide bonds. The smallest absolute Gasteiger partial charge is 0.248 e. The van der Waals surface area contributed by atoms with Crippen LogP contribution in [0, 0.1) is 0 Å². The minimum Gasteiger partial charge on any atom is -0.339 e. The van der Waals surface area contributed by atoms with Gasteiger partial charge in [0.2, 0.25) is 17.6 Å². The van der Waals surface area contributed by atoms with E-state index in [2.05, 4.69) is 15.1 Å². The summed E-state index contributed by atoms with van der Waals surface area (Å²) in [5, 5.41) is 4.60. The van der Waals surface area contributed by atoms with E-state index in [0.29, 0.717) is 35.2 Å². The van der Waals surface area contributed by atoms with Gasteiger partial charge in [0, 0.05) is 36.2 Å². The average Bonchev–Trinajstić information content (AvgIpc) is 3.24. The van der Waals surface area contributed by atoms with Gasteiger partial charge in [-0.05, 0) is 42.0 Å². The predicted molar refractivity (Wildman–Crippen MR) is 114 cm³/mol. The molecule has 4 aromatic rings. The van der Waals surface area contributed by atoms with E-state index in [4.69, 9.17) is 16.1 Å². The third-order valence-corrected chi connectivity index (χ3v) is 4.73. The van der Waals surface area contributed by atoms with Crippen LogP contribution in [-0.2, 0) is 17.8 Å².